The van der Waals surface area contributed by atoms with E-state index in [4.69, 9.17) is 5.73 Å². The van der Waals surface area contributed by atoms with Gasteiger partial charge in [-0.25, -0.2) is 4.98 Å². The lowest BCUT2D eigenvalue weighted by atomic mass is 9.97. The second-order valence-electron chi connectivity index (χ2n) is 10.4. The van der Waals surface area contributed by atoms with Crippen LogP contribution in [0, 0.1) is 6.92 Å². The average molecular weight is 628 g/mol. The van der Waals surface area contributed by atoms with Gasteiger partial charge in [-0.3, -0.25) is 9.59 Å². The Bertz CT molecular complexity index is 1790. The van der Waals surface area contributed by atoms with Gasteiger partial charge < -0.3 is 26.0 Å². The molecule has 45 heavy (non-hydrogen) atoms. The van der Waals surface area contributed by atoms with Gasteiger partial charge in [-0.05, 0) is 80.1 Å². The molecule has 1 aliphatic heterocycles. The number of halogens is 1. The maximum absolute atomic E-state index is 13.5. The van der Waals surface area contributed by atoms with Crippen molar-refractivity contribution in [1.29, 1.82) is 0 Å². The molecule has 0 fully saturated rings. The van der Waals surface area contributed by atoms with Crippen molar-refractivity contribution in [2.45, 2.75) is 47.5 Å². The number of H-pyrrole nitrogens is 1. The van der Waals surface area contributed by atoms with Crippen molar-refractivity contribution < 1.29 is 14.7 Å². The normalized spacial score (nSPS) is 11.6. The molecule has 2 aromatic heterocycles. The van der Waals surface area contributed by atoms with E-state index in [1.165, 1.54) is 12.8 Å². The van der Waals surface area contributed by atoms with Gasteiger partial charge in [0.25, 0.3) is 11.8 Å². The lowest BCUT2D eigenvalue weighted by Gasteiger charge is -2.18. The van der Waals surface area contributed by atoms with Gasteiger partial charge in [0.2, 0.25) is 0 Å². The molecule has 0 aliphatic carbocycles. The highest BCUT2D eigenvalue weighted by atomic mass is 35.5. The number of nitrogen functional groups attached to an aromatic ring is 1. The number of pyridine rings is 1. The summed E-state index contributed by atoms with van der Waals surface area (Å²) in [7, 11) is 0. The van der Waals surface area contributed by atoms with Crippen LogP contribution in [0.2, 0.25) is 0 Å². The predicted octanol–water partition coefficient (Wildman–Crippen LogP) is 8.62. The number of aryl methyl sites for hydroxylation is 1. The van der Waals surface area contributed by atoms with E-state index < -0.39 is 0 Å². The minimum atomic E-state index is -0.301. The molecule has 236 valence electrons. The van der Waals surface area contributed by atoms with Crippen LogP contribution >= 0.6 is 11.6 Å². The molecule has 0 atom stereocenters. The molecule has 0 unspecified atom stereocenters. The molecule has 0 radical (unpaired) electrons. The molecule has 5 N–H and O–H groups in total. The first-order valence-corrected chi connectivity index (χ1v) is 15.6. The van der Waals surface area contributed by atoms with E-state index in [-0.39, 0.29) is 17.6 Å². The molecule has 0 saturated carbocycles. The van der Waals surface area contributed by atoms with E-state index in [9.17, 15) is 14.7 Å². The Labute approximate surface area is 269 Å². The van der Waals surface area contributed by atoms with Crippen LogP contribution in [0.1, 0.15) is 66.1 Å². The number of carbonyl (C=O) groups is 2. The van der Waals surface area contributed by atoms with Crippen molar-refractivity contribution in [1.82, 2.24) is 9.97 Å². The zero-order valence-corrected chi connectivity index (χ0v) is 27.5. The van der Waals surface area contributed by atoms with Crippen LogP contribution in [0.3, 0.4) is 0 Å². The topological polar surface area (TPSA) is 124 Å². The Morgan fingerprint density at radius 2 is 1.73 bits per heavy atom. The zero-order valence-electron chi connectivity index (χ0n) is 26.7. The van der Waals surface area contributed by atoms with Crippen LogP contribution < -0.4 is 16.0 Å². The van der Waals surface area contributed by atoms with Crippen molar-refractivity contribution in [2.75, 3.05) is 28.9 Å². The summed E-state index contributed by atoms with van der Waals surface area (Å²) in [5.41, 5.74) is 10.7. The number of benzene rings is 3. The Morgan fingerprint density at radius 1 is 1.07 bits per heavy atom. The molecular weight excluding hydrogens is 586 g/mol. The van der Waals surface area contributed by atoms with E-state index in [1.807, 2.05) is 51.1 Å². The molecule has 1 aliphatic rings. The SMILES string of the molecule is C/C=C\C.CCC.CCl.Cc1cccc2c(O)cc3c(c12)CCN3C(=O)c1cc2cc(NC(=O)c3ccc(N)cc3)ncc2[nH]1. The number of hydrogen-bond donors (Lipinski definition) is 4. The summed E-state index contributed by atoms with van der Waals surface area (Å²) in [5, 5.41) is 16.0. The molecule has 3 heterocycles. The van der Waals surface area contributed by atoms with Crippen LogP contribution in [0.15, 0.2) is 79.0 Å². The summed E-state index contributed by atoms with van der Waals surface area (Å²) in [6.07, 6.45) is 9.02. The minimum Gasteiger partial charge on any atom is -0.507 e. The third-order valence-corrected chi connectivity index (χ3v) is 7.04. The predicted molar refractivity (Wildman–Crippen MR) is 189 cm³/mol. The smallest absolute Gasteiger partial charge is 0.274 e. The molecule has 8 nitrogen and oxygen atoms in total. The number of nitrogens with one attached hydrogen (secondary N) is 2. The largest absolute Gasteiger partial charge is 0.507 e. The molecule has 0 saturated heterocycles. The van der Waals surface area contributed by atoms with Gasteiger partial charge in [-0.1, -0.05) is 50.6 Å². The number of hydrogen-bond acceptors (Lipinski definition) is 5. The number of nitrogens with zero attached hydrogens (tertiary/aromatic N) is 2. The average Bonchev–Trinajstić information content (AvgIpc) is 3.67. The first-order chi connectivity index (χ1) is 21.7. The number of aromatic nitrogens is 2. The summed E-state index contributed by atoms with van der Waals surface area (Å²) >= 11 is 4.64. The fourth-order valence-electron chi connectivity index (χ4n) is 4.94. The van der Waals surface area contributed by atoms with Crippen LogP contribution in [-0.2, 0) is 6.42 Å². The van der Waals surface area contributed by atoms with Crippen molar-refractivity contribution in [3.05, 3.63) is 101 Å². The Hall–Kier alpha value is -4.82. The van der Waals surface area contributed by atoms with Gasteiger partial charge >= 0.3 is 0 Å². The first-order valence-electron chi connectivity index (χ1n) is 14.9. The van der Waals surface area contributed by atoms with Gasteiger partial charge in [0.1, 0.15) is 17.3 Å². The van der Waals surface area contributed by atoms with Gasteiger partial charge in [0, 0.05) is 41.0 Å². The van der Waals surface area contributed by atoms with Crippen LogP contribution in [0.4, 0.5) is 17.2 Å². The Kier molecular flexibility index (Phi) is 12.6. The molecule has 3 aromatic carbocycles. The summed E-state index contributed by atoms with van der Waals surface area (Å²) in [6.45, 7) is 10.8. The number of anilines is 3. The van der Waals surface area contributed by atoms with Crippen LogP contribution in [0.25, 0.3) is 21.7 Å². The number of aromatic hydroxyl groups is 1. The molecule has 2 amide bonds. The van der Waals surface area contributed by atoms with E-state index >= 15 is 0 Å². The Balaban J connectivity index is 0.000000552. The molecule has 5 aromatic rings. The summed E-state index contributed by atoms with van der Waals surface area (Å²) in [6, 6.07) is 17.6. The maximum Gasteiger partial charge on any atom is 0.274 e. The van der Waals surface area contributed by atoms with Crippen molar-refractivity contribution in [3.63, 3.8) is 0 Å². The summed E-state index contributed by atoms with van der Waals surface area (Å²) < 4.78 is 0. The number of carbonyl (C=O) groups excluding carboxylic acids is 2. The highest BCUT2D eigenvalue weighted by molar-refractivity contribution is 6.15. The van der Waals surface area contributed by atoms with E-state index in [0.717, 1.165) is 33.0 Å². The fourth-order valence-corrected chi connectivity index (χ4v) is 4.94. The van der Waals surface area contributed by atoms with Crippen LogP contribution in [0.5, 0.6) is 5.75 Å². The molecule has 9 heteroatoms. The fraction of sp³-hybridized carbons (Fsp3) is 0.250. The van der Waals surface area contributed by atoms with Gasteiger partial charge in [-0.2, -0.15) is 0 Å². The second-order valence-corrected chi connectivity index (χ2v) is 10.4. The lowest BCUT2D eigenvalue weighted by molar-refractivity contribution is 0.0984. The molecular formula is C36H42ClN5O3. The van der Waals surface area contributed by atoms with E-state index in [0.29, 0.717) is 41.2 Å². The van der Waals surface area contributed by atoms with Crippen molar-refractivity contribution >= 4 is 62.3 Å². The summed E-state index contributed by atoms with van der Waals surface area (Å²) in [5.74, 6) is 0.0459. The van der Waals surface area contributed by atoms with E-state index in [2.05, 4.69) is 40.7 Å². The highest BCUT2D eigenvalue weighted by Gasteiger charge is 2.29. The number of phenols is 1. The molecule has 0 bridgehead atoms. The summed E-state index contributed by atoms with van der Waals surface area (Å²) in [4.78, 5) is 35.2. The van der Waals surface area contributed by atoms with Gasteiger partial charge in [0.05, 0.1) is 17.4 Å². The Morgan fingerprint density at radius 3 is 2.38 bits per heavy atom. The zero-order chi connectivity index (χ0) is 33.1. The standard InChI is InChI=1S/C28H23N5O3.C4H8.C3H8.CH3Cl/c1-15-3-2-4-20-24(34)13-23-19(26(15)20)9-10-33(23)28(36)21-11-17-12-25(30-14-22(17)31-21)32-27(35)16-5-7-18(29)8-6-16;1-3-4-2;1-3-2;1-2/h2-8,11-14,31,34H,9-10,29H2,1H3,(H,30,32,35);3-4H,1-2H3;3H2,1-2H3;1H3/b;4-3-;;. The maximum atomic E-state index is 13.5. The van der Waals surface area contributed by atoms with Gasteiger partial charge in [0.15, 0.2) is 0 Å². The number of allylic oxidation sites excluding steroid dienone is 2. The third kappa shape index (κ3) is 8.02. The van der Waals surface area contributed by atoms with Crippen molar-refractivity contribution in [3.8, 4) is 5.75 Å². The molecule has 6 rings (SSSR count). The minimum absolute atomic E-state index is 0.162. The number of amides is 2. The quantitative estimate of drug-likeness (QED) is 0.0905. The van der Waals surface area contributed by atoms with Crippen molar-refractivity contribution in [2.24, 2.45) is 0 Å². The first kappa shape index (κ1) is 34.7. The molecule has 0 spiro atoms. The number of alkyl halides is 1. The number of fused-ring (bicyclic) bond motifs is 4. The number of rotatable bonds is 3. The third-order valence-electron chi connectivity index (χ3n) is 7.04. The second kappa shape index (κ2) is 16.3. The number of phenolic OH excluding ortho intramolecular Hbond substituents is 1. The van der Waals surface area contributed by atoms with E-state index in [1.54, 1.807) is 53.6 Å². The van der Waals surface area contributed by atoms with Crippen LogP contribution in [-0.4, -0.2) is 39.8 Å². The number of aromatic amines is 1. The monoisotopic (exact) mass is 627 g/mol. The highest BCUT2D eigenvalue weighted by Crippen LogP contribution is 2.41. The lowest BCUT2D eigenvalue weighted by Crippen LogP contribution is -2.29. The number of nitrogens with two attached hydrogens (primary N) is 1. The van der Waals surface area contributed by atoms with Gasteiger partial charge in [-0.15, -0.1) is 11.6 Å².